The number of ether oxygens (including phenoxy) is 2. The average molecular weight is 839 g/mol. The van der Waals surface area contributed by atoms with Gasteiger partial charge in [0.15, 0.2) is 0 Å². The molecule has 0 bridgehead atoms. The molecule has 6 N–H and O–H groups in total. The number of primary amides is 2. The number of carbonyl (C=O) groups is 4. The number of aromatic nitrogens is 8. The molecule has 6 heterocycles. The van der Waals surface area contributed by atoms with Gasteiger partial charge in [-0.2, -0.15) is 10.2 Å². The third-order valence-electron chi connectivity index (χ3n) is 11.7. The Bertz CT molecular complexity index is 2970. The van der Waals surface area contributed by atoms with Gasteiger partial charge in [0, 0.05) is 24.2 Å². The number of hydrogen-bond acceptors (Lipinski definition) is 10. The zero-order chi connectivity index (χ0) is 43.6. The molecule has 18 heteroatoms. The van der Waals surface area contributed by atoms with Crippen LogP contribution in [-0.4, -0.2) is 75.5 Å². The lowest BCUT2D eigenvalue weighted by Crippen LogP contribution is -2.31. The van der Waals surface area contributed by atoms with Crippen molar-refractivity contribution < 1.29 is 28.7 Å². The number of nitrogens with zero attached hydrogens (tertiary/aromatic N) is 8. The van der Waals surface area contributed by atoms with Gasteiger partial charge in [-0.3, -0.25) is 48.3 Å². The lowest BCUT2D eigenvalue weighted by molar-refractivity contribution is 0.0991. The summed E-state index contributed by atoms with van der Waals surface area (Å²) < 4.78 is 19.9. The molecule has 18 nitrogen and oxygen atoms in total. The quantitative estimate of drug-likeness (QED) is 0.120. The van der Waals surface area contributed by atoms with Gasteiger partial charge < -0.3 is 20.9 Å². The largest absolute Gasteiger partial charge is 0.489 e. The molecule has 0 aliphatic carbocycles. The van der Waals surface area contributed by atoms with Crippen molar-refractivity contribution >= 4 is 57.6 Å². The number of imidazole rings is 2. The van der Waals surface area contributed by atoms with Gasteiger partial charge in [-0.15, -0.1) is 0 Å². The summed E-state index contributed by atoms with van der Waals surface area (Å²) >= 11 is 0. The lowest BCUT2D eigenvalue weighted by Gasteiger charge is -2.32. The Balaban J connectivity index is 1.05. The highest BCUT2D eigenvalue weighted by molar-refractivity contribution is 6.05. The number of hydrogen-bond donors (Lipinski definition) is 4. The predicted octanol–water partition coefficient (Wildman–Crippen LogP) is 5.13. The average Bonchev–Trinajstić information content (AvgIpc) is 4.03. The molecule has 3 atom stereocenters. The molecule has 62 heavy (non-hydrogen) atoms. The first-order valence-electron chi connectivity index (χ1n) is 20.6. The molecule has 0 radical (unpaired) electrons. The highest BCUT2D eigenvalue weighted by atomic mass is 16.5. The lowest BCUT2D eigenvalue weighted by atomic mass is 9.89. The molecular formula is C44H46N12O6. The Labute approximate surface area is 355 Å². The first-order valence-corrected chi connectivity index (χ1v) is 20.6. The monoisotopic (exact) mass is 838 g/mol. The summed E-state index contributed by atoms with van der Waals surface area (Å²) in [7, 11) is 0. The summed E-state index contributed by atoms with van der Waals surface area (Å²) in [6.45, 7) is 11.1. The fourth-order valence-electron chi connectivity index (χ4n) is 8.79. The van der Waals surface area contributed by atoms with Crippen LogP contribution < -0.4 is 31.6 Å². The second-order valence-corrected chi connectivity index (χ2v) is 15.9. The molecule has 0 saturated carbocycles. The Kier molecular flexibility index (Phi) is 9.99. The highest BCUT2D eigenvalue weighted by Gasteiger charge is 2.34. The van der Waals surface area contributed by atoms with E-state index in [0.717, 1.165) is 11.1 Å². The van der Waals surface area contributed by atoms with E-state index in [2.05, 4.69) is 39.9 Å². The maximum Gasteiger partial charge on any atom is 0.276 e. The molecule has 7 aromatic rings. The van der Waals surface area contributed by atoms with Gasteiger partial charge in [-0.1, -0.05) is 31.2 Å². The normalized spacial score (nSPS) is 15.9. The fourth-order valence-corrected chi connectivity index (χ4v) is 8.79. The summed E-state index contributed by atoms with van der Waals surface area (Å²) in [4.78, 5) is 61.8. The van der Waals surface area contributed by atoms with Crippen LogP contribution in [0.2, 0.25) is 0 Å². The van der Waals surface area contributed by atoms with E-state index in [-0.39, 0.29) is 54.2 Å². The van der Waals surface area contributed by atoms with Gasteiger partial charge in [-0.05, 0) is 94.0 Å². The maximum atomic E-state index is 13.8. The summed E-state index contributed by atoms with van der Waals surface area (Å²) in [6.07, 6.45) is 1.13. The molecular weight excluding hydrogens is 793 g/mol. The first kappa shape index (κ1) is 39.9. The molecule has 9 rings (SSSR count). The van der Waals surface area contributed by atoms with E-state index in [1.807, 2.05) is 49.0 Å². The minimum atomic E-state index is -0.619. The van der Waals surface area contributed by atoms with Crippen LogP contribution in [0, 0.1) is 19.8 Å². The van der Waals surface area contributed by atoms with Crippen molar-refractivity contribution in [2.24, 2.45) is 17.4 Å². The molecule has 4 aromatic heterocycles. The second-order valence-electron chi connectivity index (χ2n) is 15.9. The molecule has 0 unspecified atom stereocenters. The molecule has 3 aromatic carbocycles. The van der Waals surface area contributed by atoms with Crippen LogP contribution in [-0.2, 0) is 25.9 Å². The molecule has 0 spiro atoms. The van der Waals surface area contributed by atoms with E-state index in [1.165, 1.54) is 0 Å². The SMILES string of the molecule is CCn1nc(C)cc1C(=O)Nc1nc2cc(C(N)=O)cc3c2n1[C@@H](Cc1ccccc1C[C@H](C)[C@H]1COc2cc(C(N)=O)cc4nc(NC(=O)c5cc(C)nn5CC)n1c24)CO3. The van der Waals surface area contributed by atoms with Crippen molar-refractivity contribution in [3.63, 3.8) is 0 Å². The van der Waals surface area contributed by atoms with Gasteiger partial charge >= 0.3 is 0 Å². The summed E-state index contributed by atoms with van der Waals surface area (Å²) in [5, 5.41) is 15.0. The van der Waals surface area contributed by atoms with Crippen molar-refractivity contribution in [1.82, 2.24) is 38.7 Å². The third-order valence-corrected chi connectivity index (χ3v) is 11.7. The van der Waals surface area contributed by atoms with Crippen LogP contribution in [0.4, 0.5) is 11.9 Å². The van der Waals surface area contributed by atoms with Gasteiger partial charge in [0.1, 0.15) is 47.1 Å². The predicted molar refractivity (Wildman–Crippen MR) is 230 cm³/mol. The van der Waals surface area contributed by atoms with Crippen molar-refractivity contribution in [2.45, 2.75) is 72.6 Å². The molecule has 2 aliphatic heterocycles. The van der Waals surface area contributed by atoms with Crippen molar-refractivity contribution in [3.8, 4) is 11.5 Å². The smallest absolute Gasteiger partial charge is 0.276 e. The Morgan fingerprint density at radius 1 is 0.726 bits per heavy atom. The first-order chi connectivity index (χ1) is 29.8. The van der Waals surface area contributed by atoms with Gasteiger partial charge in [0.25, 0.3) is 11.8 Å². The zero-order valence-electron chi connectivity index (χ0n) is 34.9. The molecule has 0 saturated heterocycles. The Hall–Kier alpha value is -7.50. The van der Waals surface area contributed by atoms with E-state index in [0.29, 0.717) is 94.2 Å². The van der Waals surface area contributed by atoms with Gasteiger partial charge in [-0.25, -0.2) is 9.97 Å². The Morgan fingerprint density at radius 2 is 1.23 bits per heavy atom. The minimum Gasteiger partial charge on any atom is -0.489 e. The molecule has 0 fully saturated rings. The number of rotatable bonds is 13. The van der Waals surface area contributed by atoms with Crippen molar-refractivity contribution in [3.05, 3.63) is 106 Å². The summed E-state index contributed by atoms with van der Waals surface area (Å²) in [5.74, 6) is -0.510. The van der Waals surface area contributed by atoms with Crippen LogP contribution >= 0.6 is 0 Å². The molecule has 4 amide bonds. The number of aryl methyl sites for hydroxylation is 4. The number of nitrogens with two attached hydrogens (primary N) is 2. The number of benzene rings is 3. The topological polar surface area (TPSA) is 234 Å². The zero-order valence-corrected chi connectivity index (χ0v) is 34.9. The summed E-state index contributed by atoms with van der Waals surface area (Å²) in [6, 6.07) is 17.5. The van der Waals surface area contributed by atoms with E-state index >= 15 is 0 Å². The third kappa shape index (κ3) is 6.95. The number of amides is 4. The van der Waals surface area contributed by atoms with E-state index in [4.69, 9.17) is 30.9 Å². The van der Waals surface area contributed by atoms with Crippen LogP contribution in [0.5, 0.6) is 11.5 Å². The minimum absolute atomic E-state index is 0.0613. The number of anilines is 2. The van der Waals surface area contributed by atoms with Crippen LogP contribution in [0.25, 0.3) is 22.1 Å². The van der Waals surface area contributed by atoms with Crippen molar-refractivity contribution in [1.29, 1.82) is 0 Å². The van der Waals surface area contributed by atoms with Crippen LogP contribution in [0.1, 0.15) is 97.1 Å². The second kappa shape index (κ2) is 15.5. The van der Waals surface area contributed by atoms with Crippen LogP contribution in [0.15, 0.2) is 60.7 Å². The van der Waals surface area contributed by atoms with E-state index < -0.39 is 11.8 Å². The van der Waals surface area contributed by atoms with Crippen molar-refractivity contribution in [2.75, 3.05) is 23.8 Å². The molecule has 318 valence electrons. The summed E-state index contributed by atoms with van der Waals surface area (Å²) in [5.41, 5.74) is 18.4. The maximum absolute atomic E-state index is 13.8. The van der Waals surface area contributed by atoms with Crippen LogP contribution in [0.3, 0.4) is 0 Å². The Morgan fingerprint density at radius 3 is 1.76 bits per heavy atom. The van der Waals surface area contributed by atoms with Gasteiger partial charge in [0.05, 0.1) is 34.5 Å². The fraction of sp³-hybridized carbons (Fsp3) is 0.318. The van der Waals surface area contributed by atoms with E-state index in [9.17, 15) is 19.2 Å². The standard InChI is InChI=1S/C44H46N12O6/c1-6-53-32(13-23(4)51-53)41(59)49-43-47-30-16-27(39(45)57)18-35-37(30)55(43)29(20-61-35)15-26-11-9-8-10-25(26)12-22(3)34-21-62-36-19-28(40(46)58)17-31-38(36)56(34)44(48-31)50-42(60)33-14-24(5)52-54(33)7-2/h8-11,13-14,16-19,22,29,34H,6-7,12,15,20-21H2,1-5H3,(H2,45,57)(H2,46,58)(H,47,49,59)(H,48,50,60)/t22-,29-,34+/m0/s1. The van der Waals surface area contributed by atoms with E-state index in [1.54, 1.807) is 45.8 Å². The molecule has 2 aliphatic rings. The number of carbonyl (C=O) groups excluding carboxylic acids is 4. The number of nitrogens with one attached hydrogen (secondary N) is 2. The highest BCUT2D eigenvalue weighted by Crippen LogP contribution is 2.42. The van der Waals surface area contributed by atoms with Gasteiger partial charge in [0.2, 0.25) is 23.7 Å².